The van der Waals surface area contributed by atoms with Gasteiger partial charge in [0.05, 0.1) is 11.3 Å². The molecule has 0 bridgehead atoms. The largest absolute Gasteiger partial charge is 0.334 e. The van der Waals surface area contributed by atoms with Crippen LogP contribution >= 0.6 is 0 Å². The van der Waals surface area contributed by atoms with Gasteiger partial charge < -0.3 is 9.84 Å². The number of hydrogen-bond donors (Lipinski definition) is 1. The van der Waals surface area contributed by atoms with E-state index in [2.05, 4.69) is 22.0 Å². The van der Waals surface area contributed by atoms with Crippen LogP contribution in [0, 0.1) is 6.92 Å². The average Bonchev–Trinajstić information content (AvgIpc) is 2.76. The van der Waals surface area contributed by atoms with Crippen LogP contribution in [0.4, 0.5) is 5.69 Å². The van der Waals surface area contributed by atoms with Crippen LogP contribution in [-0.4, -0.2) is 16.0 Å². The number of carbonyl (C=O) groups excluding carboxylic acids is 1. The molecule has 5 nitrogen and oxygen atoms in total. The second-order valence-corrected chi connectivity index (χ2v) is 3.39. The van der Waals surface area contributed by atoms with E-state index in [-0.39, 0.29) is 5.91 Å². The number of benzene rings is 1. The van der Waals surface area contributed by atoms with Crippen LogP contribution in [0.15, 0.2) is 41.4 Å². The van der Waals surface area contributed by atoms with Gasteiger partial charge in [0, 0.05) is 0 Å². The summed E-state index contributed by atoms with van der Waals surface area (Å²) in [7, 11) is 0. The highest BCUT2D eigenvalue weighted by Crippen LogP contribution is 2.26. The predicted molar refractivity (Wildman–Crippen MR) is 63.3 cm³/mol. The van der Waals surface area contributed by atoms with E-state index in [4.69, 9.17) is 4.52 Å². The van der Waals surface area contributed by atoms with Gasteiger partial charge in [-0.3, -0.25) is 4.79 Å². The molecule has 0 aliphatic carbocycles. The van der Waals surface area contributed by atoms with Gasteiger partial charge in [-0.25, -0.2) is 0 Å². The lowest BCUT2D eigenvalue weighted by atomic mass is 10.1. The molecular formula is C12H11N3O2. The Hall–Kier alpha value is -2.43. The first-order valence-electron chi connectivity index (χ1n) is 5.04. The van der Waals surface area contributed by atoms with Crippen molar-refractivity contribution in [2.75, 3.05) is 5.32 Å². The van der Waals surface area contributed by atoms with Crippen LogP contribution in [-0.2, 0) is 4.79 Å². The Morgan fingerprint density at radius 2 is 2.24 bits per heavy atom. The minimum Gasteiger partial charge on any atom is -0.334 e. The third-order valence-electron chi connectivity index (χ3n) is 2.13. The molecule has 17 heavy (non-hydrogen) atoms. The molecule has 0 saturated heterocycles. The van der Waals surface area contributed by atoms with Gasteiger partial charge in [0.1, 0.15) is 0 Å². The summed E-state index contributed by atoms with van der Waals surface area (Å²) in [5.41, 5.74) is 1.30. The Labute approximate surface area is 98.2 Å². The topological polar surface area (TPSA) is 68.0 Å². The van der Waals surface area contributed by atoms with Crippen molar-refractivity contribution < 1.29 is 9.32 Å². The molecule has 0 saturated carbocycles. The summed E-state index contributed by atoms with van der Waals surface area (Å²) in [6.45, 7) is 5.13. The van der Waals surface area contributed by atoms with Gasteiger partial charge in [-0.15, -0.1) is 0 Å². The van der Waals surface area contributed by atoms with Crippen molar-refractivity contribution >= 4 is 11.6 Å². The molecule has 0 spiro atoms. The van der Waals surface area contributed by atoms with E-state index in [0.717, 1.165) is 0 Å². The smallest absolute Gasteiger partial charge is 0.260 e. The number of carbonyl (C=O) groups is 1. The quantitative estimate of drug-likeness (QED) is 0.819. The second kappa shape index (κ2) is 4.61. The molecule has 2 aromatic rings. The zero-order valence-corrected chi connectivity index (χ0v) is 9.30. The first kappa shape index (κ1) is 11.1. The number of nitrogens with zero attached hydrogens (tertiary/aromatic N) is 2. The third kappa shape index (κ3) is 2.39. The van der Waals surface area contributed by atoms with Gasteiger partial charge in [0.2, 0.25) is 5.91 Å². The van der Waals surface area contributed by atoms with E-state index < -0.39 is 0 Å². The van der Waals surface area contributed by atoms with Gasteiger partial charge in [-0.2, -0.15) is 4.98 Å². The SMILES string of the molecule is C=CC(=O)Nc1ccccc1-c1nc(C)no1. The fourth-order valence-electron chi connectivity index (χ4n) is 1.37. The number of aryl methyl sites for hydroxylation is 1. The molecule has 1 heterocycles. The minimum absolute atomic E-state index is 0.284. The van der Waals surface area contributed by atoms with E-state index >= 15 is 0 Å². The lowest BCUT2D eigenvalue weighted by Crippen LogP contribution is -2.08. The average molecular weight is 229 g/mol. The molecule has 0 aliphatic rings. The third-order valence-corrected chi connectivity index (χ3v) is 2.13. The number of hydrogen-bond acceptors (Lipinski definition) is 4. The Morgan fingerprint density at radius 1 is 1.47 bits per heavy atom. The molecule has 5 heteroatoms. The maximum atomic E-state index is 11.3. The summed E-state index contributed by atoms with van der Waals surface area (Å²) in [5, 5.41) is 6.40. The summed E-state index contributed by atoms with van der Waals surface area (Å²) in [4.78, 5) is 15.4. The van der Waals surface area contributed by atoms with Crippen molar-refractivity contribution in [3.8, 4) is 11.5 Å². The molecule has 1 amide bonds. The van der Waals surface area contributed by atoms with Crippen molar-refractivity contribution in [1.82, 2.24) is 10.1 Å². The van der Waals surface area contributed by atoms with Crippen LogP contribution in [0.1, 0.15) is 5.82 Å². The standard InChI is InChI=1S/C12H11N3O2/c1-3-11(16)14-10-7-5-4-6-9(10)12-13-8(2)15-17-12/h3-7H,1H2,2H3,(H,14,16). The Bertz CT molecular complexity index is 560. The van der Waals surface area contributed by atoms with Gasteiger partial charge in [-0.1, -0.05) is 23.9 Å². The second-order valence-electron chi connectivity index (χ2n) is 3.39. The summed E-state index contributed by atoms with van der Waals surface area (Å²) in [5.74, 6) is 0.640. The molecule has 1 aromatic heterocycles. The zero-order chi connectivity index (χ0) is 12.3. The van der Waals surface area contributed by atoms with Gasteiger partial charge in [0.25, 0.3) is 5.89 Å². The summed E-state index contributed by atoms with van der Waals surface area (Å²) in [6.07, 6.45) is 1.20. The Morgan fingerprint density at radius 3 is 2.88 bits per heavy atom. The molecule has 0 radical (unpaired) electrons. The van der Waals surface area contributed by atoms with E-state index in [9.17, 15) is 4.79 Å². The highest BCUT2D eigenvalue weighted by atomic mass is 16.5. The summed E-state index contributed by atoms with van der Waals surface area (Å²) in [6, 6.07) is 7.20. The first-order chi connectivity index (χ1) is 8.20. The highest BCUT2D eigenvalue weighted by Gasteiger charge is 2.11. The minimum atomic E-state index is -0.284. The van der Waals surface area contributed by atoms with Crippen LogP contribution in [0.25, 0.3) is 11.5 Å². The Balaban J connectivity index is 2.40. The van der Waals surface area contributed by atoms with Gasteiger partial charge >= 0.3 is 0 Å². The monoisotopic (exact) mass is 229 g/mol. The van der Waals surface area contributed by atoms with Crippen molar-refractivity contribution in [3.63, 3.8) is 0 Å². The Kier molecular flexibility index (Phi) is 3.00. The van der Waals surface area contributed by atoms with Crippen molar-refractivity contribution in [3.05, 3.63) is 42.7 Å². The number of rotatable bonds is 3. The zero-order valence-electron chi connectivity index (χ0n) is 9.30. The molecule has 1 N–H and O–H groups in total. The fourth-order valence-corrected chi connectivity index (χ4v) is 1.37. The lowest BCUT2D eigenvalue weighted by molar-refractivity contribution is -0.111. The van der Waals surface area contributed by atoms with E-state index in [1.54, 1.807) is 19.1 Å². The molecule has 0 atom stereocenters. The number of anilines is 1. The number of para-hydroxylation sites is 1. The van der Waals surface area contributed by atoms with Gasteiger partial charge in [-0.05, 0) is 25.1 Å². The van der Waals surface area contributed by atoms with Crippen molar-refractivity contribution in [2.45, 2.75) is 6.92 Å². The van der Waals surface area contributed by atoms with Crippen LogP contribution in [0.5, 0.6) is 0 Å². The van der Waals surface area contributed by atoms with Crippen molar-refractivity contribution in [1.29, 1.82) is 0 Å². The maximum absolute atomic E-state index is 11.3. The van der Waals surface area contributed by atoms with E-state index in [1.807, 2.05) is 12.1 Å². The van der Waals surface area contributed by atoms with E-state index in [1.165, 1.54) is 6.08 Å². The van der Waals surface area contributed by atoms with Crippen molar-refractivity contribution in [2.24, 2.45) is 0 Å². The lowest BCUT2D eigenvalue weighted by Gasteiger charge is -2.05. The maximum Gasteiger partial charge on any atom is 0.260 e. The van der Waals surface area contributed by atoms with Crippen LogP contribution in [0.3, 0.4) is 0 Å². The highest BCUT2D eigenvalue weighted by molar-refractivity contribution is 6.01. The van der Waals surface area contributed by atoms with Crippen LogP contribution in [0.2, 0.25) is 0 Å². The van der Waals surface area contributed by atoms with E-state index in [0.29, 0.717) is 23.0 Å². The van der Waals surface area contributed by atoms with Gasteiger partial charge in [0.15, 0.2) is 5.82 Å². The molecule has 86 valence electrons. The first-order valence-corrected chi connectivity index (χ1v) is 5.04. The number of aromatic nitrogens is 2. The molecule has 0 fully saturated rings. The molecular weight excluding hydrogens is 218 g/mol. The van der Waals surface area contributed by atoms with Crippen LogP contribution < -0.4 is 5.32 Å². The molecule has 2 rings (SSSR count). The summed E-state index contributed by atoms with van der Waals surface area (Å²) < 4.78 is 5.07. The fraction of sp³-hybridized carbons (Fsp3) is 0.0833. The molecule has 0 aliphatic heterocycles. The predicted octanol–water partition coefficient (Wildman–Crippen LogP) is 2.17. The normalized spacial score (nSPS) is 9.94. The number of amides is 1. The molecule has 0 unspecified atom stereocenters. The molecule has 1 aromatic carbocycles. The summed E-state index contributed by atoms with van der Waals surface area (Å²) >= 11 is 0. The number of nitrogens with one attached hydrogen (secondary N) is 1.